The molecule has 0 spiro atoms. The molecule has 0 atom stereocenters. The van der Waals surface area contributed by atoms with E-state index in [1.807, 2.05) is 30.5 Å². The molecule has 0 saturated carbocycles. The first kappa shape index (κ1) is 17.6. The van der Waals surface area contributed by atoms with E-state index in [1.54, 1.807) is 6.08 Å². The number of nitrogens with one attached hydrogen (secondary N) is 1. The van der Waals surface area contributed by atoms with Crippen LogP contribution in [0, 0.1) is 0 Å². The second-order valence-electron chi connectivity index (χ2n) is 7.19. The molecule has 1 N–H and O–H groups in total. The molecule has 2 aromatic heterocycles. The number of benzene rings is 2. The first-order valence-electron chi connectivity index (χ1n) is 9.96. The Kier molecular flexibility index (Phi) is 4.58. The monoisotopic (exact) mass is 381 g/mol. The van der Waals surface area contributed by atoms with E-state index in [1.165, 1.54) is 5.69 Å². The van der Waals surface area contributed by atoms with Crippen molar-refractivity contribution in [3.8, 4) is 17.1 Å². The van der Waals surface area contributed by atoms with E-state index in [4.69, 9.17) is 4.98 Å². The van der Waals surface area contributed by atoms with Gasteiger partial charge in [-0.3, -0.25) is 9.55 Å². The van der Waals surface area contributed by atoms with Gasteiger partial charge in [0.25, 0.3) is 0 Å². The fourth-order valence-corrected chi connectivity index (χ4v) is 3.91. The summed E-state index contributed by atoms with van der Waals surface area (Å²) in [4.78, 5) is 11.8. The highest BCUT2D eigenvalue weighted by Crippen LogP contribution is 2.31. The van der Waals surface area contributed by atoms with E-state index >= 15 is 0 Å². The van der Waals surface area contributed by atoms with Crippen molar-refractivity contribution in [3.63, 3.8) is 0 Å². The predicted molar refractivity (Wildman–Crippen MR) is 119 cm³/mol. The Morgan fingerprint density at radius 3 is 2.55 bits per heavy atom. The molecule has 1 aliphatic rings. The van der Waals surface area contributed by atoms with Gasteiger partial charge in [0.05, 0.1) is 22.4 Å². The highest BCUT2D eigenvalue weighted by molar-refractivity contribution is 5.86. The van der Waals surface area contributed by atoms with Crippen molar-refractivity contribution in [2.24, 2.45) is 0 Å². The molecule has 1 saturated heterocycles. The molecule has 0 unspecified atom stereocenters. The van der Waals surface area contributed by atoms with Crippen LogP contribution in [0.2, 0.25) is 0 Å². The summed E-state index contributed by atoms with van der Waals surface area (Å²) in [7, 11) is 0. The number of piperazine rings is 1. The van der Waals surface area contributed by atoms with E-state index in [-0.39, 0.29) is 0 Å². The molecule has 3 heterocycles. The van der Waals surface area contributed by atoms with Gasteiger partial charge in [0, 0.05) is 43.6 Å². The summed E-state index contributed by atoms with van der Waals surface area (Å²) in [5.74, 6) is 0.930. The average molecular weight is 381 g/mol. The summed E-state index contributed by atoms with van der Waals surface area (Å²) >= 11 is 0. The standard InChI is InChI=1S/C24H23N5/c1-2-19-16-21(10-11-26-19)29-23-17-20(28-14-12-25-13-15-28)8-9-22(23)27-24(29)18-6-4-3-5-7-18/h2-11,16-17,25H,1,12-15H2. The fourth-order valence-electron chi connectivity index (χ4n) is 3.91. The Morgan fingerprint density at radius 1 is 0.931 bits per heavy atom. The third-order valence-electron chi connectivity index (χ3n) is 5.38. The zero-order valence-corrected chi connectivity index (χ0v) is 16.3. The van der Waals surface area contributed by atoms with Gasteiger partial charge in [-0.25, -0.2) is 4.98 Å². The number of hydrogen-bond acceptors (Lipinski definition) is 4. The van der Waals surface area contributed by atoms with Crippen molar-refractivity contribution >= 4 is 22.8 Å². The third-order valence-corrected chi connectivity index (χ3v) is 5.38. The quantitative estimate of drug-likeness (QED) is 0.577. The molecular weight excluding hydrogens is 358 g/mol. The Bertz CT molecular complexity index is 1160. The number of hydrogen-bond donors (Lipinski definition) is 1. The minimum Gasteiger partial charge on any atom is -0.369 e. The Morgan fingerprint density at radius 2 is 1.76 bits per heavy atom. The van der Waals surface area contributed by atoms with E-state index in [9.17, 15) is 0 Å². The van der Waals surface area contributed by atoms with Crippen LogP contribution in [0.3, 0.4) is 0 Å². The van der Waals surface area contributed by atoms with Crippen LogP contribution in [0.1, 0.15) is 5.69 Å². The number of imidazole rings is 1. The molecule has 29 heavy (non-hydrogen) atoms. The van der Waals surface area contributed by atoms with E-state index < -0.39 is 0 Å². The molecule has 5 nitrogen and oxygen atoms in total. The van der Waals surface area contributed by atoms with Crippen LogP contribution in [-0.2, 0) is 0 Å². The molecule has 0 aliphatic carbocycles. The van der Waals surface area contributed by atoms with E-state index in [0.29, 0.717) is 0 Å². The molecule has 0 bridgehead atoms. The minimum atomic E-state index is 0.849. The molecule has 4 aromatic rings. The summed E-state index contributed by atoms with van der Waals surface area (Å²) in [5.41, 5.74) is 6.29. The highest BCUT2D eigenvalue weighted by Gasteiger charge is 2.17. The molecule has 5 rings (SSSR count). The van der Waals surface area contributed by atoms with Gasteiger partial charge in [0.15, 0.2) is 0 Å². The normalized spacial score (nSPS) is 14.3. The Hall–Kier alpha value is -3.44. The summed E-state index contributed by atoms with van der Waals surface area (Å²) in [6.45, 7) is 7.93. The first-order valence-corrected chi connectivity index (χ1v) is 9.96. The lowest BCUT2D eigenvalue weighted by Crippen LogP contribution is -2.43. The number of nitrogens with zero attached hydrogens (tertiary/aromatic N) is 4. The fraction of sp³-hybridized carbons (Fsp3) is 0.167. The van der Waals surface area contributed by atoms with Gasteiger partial charge in [0.1, 0.15) is 5.82 Å². The molecule has 0 amide bonds. The van der Waals surface area contributed by atoms with Gasteiger partial charge in [0.2, 0.25) is 0 Å². The van der Waals surface area contributed by atoms with Crippen molar-refractivity contribution in [3.05, 3.63) is 79.1 Å². The highest BCUT2D eigenvalue weighted by atomic mass is 15.2. The van der Waals surface area contributed by atoms with Gasteiger partial charge in [-0.05, 0) is 36.4 Å². The zero-order valence-electron chi connectivity index (χ0n) is 16.3. The summed E-state index contributed by atoms with van der Waals surface area (Å²) in [6, 6.07) is 21.0. The molecule has 1 aliphatic heterocycles. The number of aromatic nitrogens is 3. The van der Waals surface area contributed by atoms with Gasteiger partial charge in [-0.15, -0.1) is 0 Å². The number of anilines is 1. The van der Waals surface area contributed by atoms with E-state index in [2.05, 4.69) is 62.7 Å². The molecular formula is C24H23N5. The summed E-state index contributed by atoms with van der Waals surface area (Å²) < 4.78 is 2.23. The van der Waals surface area contributed by atoms with Crippen LogP contribution in [0.5, 0.6) is 0 Å². The lowest BCUT2D eigenvalue weighted by atomic mass is 10.2. The third kappa shape index (κ3) is 3.30. The Labute approximate surface area is 170 Å². The van der Waals surface area contributed by atoms with Crippen LogP contribution < -0.4 is 10.2 Å². The van der Waals surface area contributed by atoms with Crippen LogP contribution in [0.4, 0.5) is 5.69 Å². The average Bonchev–Trinajstić information content (AvgIpc) is 3.19. The zero-order chi connectivity index (χ0) is 19.6. The van der Waals surface area contributed by atoms with Crippen LogP contribution in [0.15, 0.2) is 73.4 Å². The van der Waals surface area contributed by atoms with Crippen LogP contribution in [-0.4, -0.2) is 40.7 Å². The predicted octanol–water partition coefficient (Wildman–Crippen LogP) is 4.14. The molecule has 1 fully saturated rings. The van der Waals surface area contributed by atoms with Crippen molar-refractivity contribution in [2.45, 2.75) is 0 Å². The van der Waals surface area contributed by atoms with Gasteiger partial charge < -0.3 is 10.2 Å². The maximum atomic E-state index is 4.99. The maximum absolute atomic E-state index is 4.99. The second-order valence-corrected chi connectivity index (χ2v) is 7.19. The molecule has 144 valence electrons. The number of rotatable bonds is 4. The van der Waals surface area contributed by atoms with Crippen molar-refractivity contribution in [1.29, 1.82) is 0 Å². The Balaban J connectivity index is 1.74. The van der Waals surface area contributed by atoms with Crippen LogP contribution in [0.25, 0.3) is 34.2 Å². The lowest BCUT2D eigenvalue weighted by Gasteiger charge is -2.29. The SMILES string of the molecule is C=Cc1cc(-n2c(-c3ccccc3)nc3ccc(N4CCNCC4)cc32)ccn1. The summed E-state index contributed by atoms with van der Waals surface area (Å²) in [5, 5.41) is 3.42. The van der Waals surface area contributed by atoms with Gasteiger partial charge in [-0.1, -0.05) is 36.9 Å². The number of fused-ring (bicyclic) bond motifs is 1. The lowest BCUT2D eigenvalue weighted by molar-refractivity contribution is 0.589. The smallest absolute Gasteiger partial charge is 0.145 e. The van der Waals surface area contributed by atoms with Gasteiger partial charge in [-0.2, -0.15) is 0 Å². The molecule has 2 aromatic carbocycles. The largest absolute Gasteiger partial charge is 0.369 e. The maximum Gasteiger partial charge on any atom is 0.145 e. The molecule has 0 radical (unpaired) electrons. The van der Waals surface area contributed by atoms with E-state index in [0.717, 1.165) is 60.0 Å². The summed E-state index contributed by atoms with van der Waals surface area (Å²) in [6.07, 6.45) is 3.60. The van der Waals surface area contributed by atoms with Crippen LogP contribution >= 0.6 is 0 Å². The minimum absolute atomic E-state index is 0.849. The topological polar surface area (TPSA) is 46.0 Å². The second kappa shape index (κ2) is 7.53. The first-order chi connectivity index (χ1) is 14.3. The van der Waals surface area contributed by atoms with Gasteiger partial charge >= 0.3 is 0 Å². The number of pyridine rings is 1. The molecule has 5 heteroatoms. The van der Waals surface area contributed by atoms with Crippen molar-refractivity contribution in [2.75, 3.05) is 31.1 Å². The van der Waals surface area contributed by atoms with Crippen molar-refractivity contribution in [1.82, 2.24) is 19.9 Å². The van der Waals surface area contributed by atoms with Crippen molar-refractivity contribution < 1.29 is 0 Å².